The SMILES string of the molecule is CC(C)COc1ccc(C(O)=C2C(=O)C(=O)N(CCN(C)C)C2c2ccc(OCc3ccccc3)cc2)cc1. The first-order chi connectivity index (χ1) is 18.7. The zero-order chi connectivity index (χ0) is 27.9. The minimum Gasteiger partial charge on any atom is -0.507 e. The van der Waals surface area contributed by atoms with Crippen LogP contribution in [-0.4, -0.2) is 60.4 Å². The van der Waals surface area contributed by atoms with Crippen LogP contribution in [0.3, 0.4) is 0 Å². The van der Waals surface area contributed by atoms with E-state index in [1.165, 1.54) is 4.90 Å². The van der Waals surface area contributed by atoms with Crippen molar-refractivity contribution >= 4 is 17.4 Å². The molecule has 0 radical (unpaired) electrons. The number of carbonyl (C=O) groups excluding carboxylic acids is 2. The second-order valence-corrected chi connectivity index (χ2v) is 10.4. The van der Waals surface area contributed by atoms with Gasteiger partial charge in [-0.3, -0.25) is 9.59 Å². The Kier molecular flexibility index (Phi) is 9.04. The zero-order valence-electron chi connectivity index (χ0n) is 23.0. The van der Waals surface area contributed by atoms with Crippen LogP contribution in [-0.2, 0) is 16.2 Å². The third-order valence-corrected chi connectivity index (χ3v) is 6.48. The van der Waals surface area contributed by atoms with Gasteiger partial charge in [-0.05, 0) is 67.5 Å². The van der Waals surface area contributed by atoms with Crippen molar-refractivity contribution in [1.82, 2.24) is 9.80 Å². The van der Waals surface area contributed by atoms with Crippen LogP contribution < -0.4 is 9.47 Å². The highest BCUT2D eigenvalue weighted by molar-refractivity contribution is 6.46. The molecule has 204 valence electrons. The Morgan fingerprint density at radius 1 is 0.897 bits per heavy atom. The fourth-order valence-electron chi connectivity index (χ4n) is 4.38. The molecule has 1 atom stereocenters. The van der Waals surface area contributed by atoms with Gasteiger partial charge in [-0.25, -0.2) is 0 Å². The van der Waals surface area contributed by atoms with Crippen molar-refractivity contribution in [3.63, 3.8) is 0 Å². The summed E-state index contributed by atoms with van der Waals surface area (Å²) >= 11 is 0. The quantitative estimate of drug-likeness (QED) is 0.207. The molecule has 0 spiro atoms. The number of hydrogen-bond acceptors (Lipinski definition) is 6. The summed E-state index contributed by atoms with van der Waals surface area (Å²) in [6.45, 7) is 6.05. The molecule has 0 aromatic heterocycles. The molecule has 3 aromatic rings. The predicted molar refractivity (Wildman–Crippen MR) is 152 cm³/mol. The molecular formula is C32H36N2O5. The maximum Gasteiger partial charge on any atom is 0.295 e. The Bertz CT molecular complexity index is 1300. The highest BCUT2D eigenvalue weighted by Crippen LogP contribution is 2.40. The number of ether oxygens (including phenoxy) is 2. The van der Waals surface area contributed by atoms with Gasteiger partial charge >= 0.3 is 0 Å². The van der Waals surface area contributed by atoms with E-state index in [1.54, 1.807) is 24.3 Å². The minimum atomic E-state index is -0.718. The smallest absolute Gasteiger partial charge is 0.295 e. The lowest BCUT2D eigenvalue weighted by molar-refractivity contribution is -0.140. The number of likely N-dealkylation sites (tertiary alicyclic amines) is 1. The Morgan fingerprint density at radius 3 is 2.13 bits per heavy atom. The average molecular weight is 529 g/mol. The van der Waals surface area contributed by atoms with E-state index in [0.717, 1.165) is 11.1 Å². The third-order valence-electron chi connectivity index (χ3n) is 6.48. The molecule has 1 amide bonds. The summed E-state index contributed by atoms with van der Waals surface area (Å²) in [5.74, 6) is 0.210. The van der Waals surface area contributed by atoms with Crippen LogP contribution in [0.15, 0.2) is 84.4 Å². The van der Waals surface area contributed by atoms with Crippen molar-refractivity contribution in [3.05, 3.63) is 101 Å². The second kappa shape index (κ2) is 12.6. The van der Waals surface area contributed by atoms with E-state index in [4.69, 9.17) is 9.47 Å². The van der Waals surface area contributed by atoms with Crippen molar-refractivity contribution in [2.45, 2.75) is 26.5 Å². The first kappa shape index (κ1) is 27.9. The maximum atomic E-state index is 13.3. The van der Waals surface area contributed by atoms with Gasteiger partial charge in [0.1, 0.15) is 23.9 Å². The number of benzene rings is 3. The molecule has 0 bridgehead atoms. The Labute approximate surface area is 230 Å². The van der Waals surface area contributed by atoms with Crippen molar-refractivity contribution in [1.29, 1.82) is 0 Å². The molecule has 1 aliphatic rings. The first-order valence-corrected chi connectivity index (χ1v) is 13.2. The number of aliphatic hydroxyl groups excluding tert-OH is 1. The van der Waals surface area contributed by atoms with E-state index in [2.05, 4.69) is 13.8 Å². The lowest BCUT2D eigenvalue weighted by Gasteiger charge is -2.26. The van der Waals surface area contributed by atoms with Crippen LogP contribution in [0.2, 0.25) is 0 Å². The van der Waals surface area contributed by atoms with E-state index in [9.17, 15) is 14.7 Å². The lowest BCUT2D eigenvalue weighted by Crippen LogP contribution is -2.35. The first-order valence-electron chi connectivity index (χ1n) is 13.2. The largest absolute Gasteiger partial charge is 0.507 e. The minimum absolute atomic E-state index is 0.0764. The molecule has 0 aliphatic carbocycles. The number of aliphatic hydroxyl groups is 1. The van der Waals surface area contributed by atoms with Gasteiger partial charge in [-0.15, -0.1) is 0 Å². The number of carbonyl (C=O) groups is 2. The van der Waals surface area contributed by atoms with Crippen LogP contribution in [0, 0.1) is 5.92 Å². The second-order valence-electron chi connectivity index (χ2n) is 10.4. The molecule has 0 saturated carbocycles. The lowest BCUT2D eigenvalue weighted by atomic mass is 9.95. The zero-order valence-corrected chi connectivity index (χ0v) is 23.0. The van der Waals surface area contributed by atoms with E-state index >= 15 is 0 Å². The predicted octanol–water partition coefficient (Wildman–Crippen LogP) is 5.28. The van der Waals surface area contributed by atoms with Crippen LogP contribution >= 0.6 is 0 Å². The van der Waals surface area contributed by atoms with Crippen LogP contribution in [0.1, 0.15) is 36.6 Å². The van der Waals surface area contributed by atoms with Gasteiger partial charge in [0, 0.05) is 18.7 Å². The molecule has 3 aromatic carbocycles. The number of nitrogens with zero attached hydrogens (tertiary/aromatic N) is 2. The molecule has 1 aliphatic heterocycles. The number of hydrogen-bond donors (Lipinski definition) is 1. The van der Waals surface area contributed by atoms with Gasteiger partial charge < -0.3 is 24.4 Å². The van der Waals surface area contributed by atoms with Gasteiger partial charge in [0.25, 0.3) is 11.7 Å². The fraction of sp³-hybridized carbons (Fsp3) is 0.312. The van der Waals surface area contributed by atoms with Gasteiger partial charge in [0.15, 0.2) is 0 Å². The summed E-state index contributed by atoms with van der Waals surface area (Å²) in [5.41, 5.74) is 2.30. The molecule has 1 N–H and O–H groups in total. The summed E-state index contributed by atoms with van der Waals surface area (Å²) < 4.78 is 11.7. The average Bonchev–Trinajstić information content (AvgIpc) is 3.19. The Hall–Kier alpha value is -4.10. The topological polar surface area (TPSA) is 79.3 Å². The molecule has 1 saturated heterocycles. The van der Waals surface area contributed by atoms with Gasteiger partial charge in [-0.2, -0.15) is 0 Å². The van der Waals surface area contributed by atoms with Crippen molar-refractivity contribution in [2.75, 3.05) is 33.8 Å². The number of likely N-dealkylation sites (N-methyl/N-ethyl adjacent to an activating group) is 1. The van der Waals surface area contributed by atoms with Crippen LogP contribution in [0.4, 0.5) is 0 Å². The summed E-state index contributed by atoms with van der Waals surface area (Å²) in [5, 5.41) is 11.3. The van der Waals surface area contributed by atoms with Gasteiger partial charge in [-0.1, -0.05) is 56.3 Å². The van der Waals surface area contributed by atoms with E-state index in [1.807, 2.05) is 73.6 Å². The molecule has 1 unspecified atom stereocenters. The normalized spacial score (nSPS) is 16.8. The summed E-state index contributed by atoms with van der Waals surface area (Å²) in [6, 6.07) is 23.4. The van der Waals surface area contributed by atoms with E-state index in [0.29, 0.717) is 49.3 Å². The summed E-state index contributed by atoms with van der Waals surface area (Å²) in [7, 11) is 3.82. The Morgan fingerprint density at radius 2 is 1.51 bits per heavy atom. The van der Waals surface area contributed by atoms with Crippen LogP contribution in [0.5, 0.6) is 11.5 Å². The number of rotatable bonds is 11. The monoisotopic (exact) mass is 528 g/mol. The highest BCUT2D eigenvalue weighted by Gasteiger charge is 2.45. The molecule has 7 nitrogen and oxygen atoms in total. The third kappa shape index (κ3) is 6.86. The summed E-state index contributed by atoms with van der Waals surface area (Å²) in [6.07, 6.45) is 0. The molecule has 1 heterocycles. The van der Waals surface area contributed by atoms with Crippen molar-refractivity contribution < 1.29 is 24.2 Å². The van der Waals surface area contributed by atoms with Crippen molar-refractivity contribution in [3.8, 4) is 11.5 Å². The Balaban J connectivity index is 1.64. The standard InChI is InChI=1S/C32H36N2O5/c1-22(2)20-38-26-16-12-25(13-17-26)30(35)28-29(34(19-18-33(3)4)32(37)31(28)36)24-10-14-27(15-11-24)39-21-23-8-6-5-7-9-23/h5-17,22,29,35H,18-21H2,1-4H3. The molecule has 7 heteroatoms. The number of ketones is 1. The van der Waals surface area contributed by atoms with Gasteiger partial charge in [0.2, 0.25) is 0 Å². The molecule has 1 fully saturated rings. The van der Waals surface area contributed by atoms with Gasteiger partial charge in [0.05, 0.1) is 18.2 Å². The van der Waals surface area contributed by atoms with E-state index < -0.39 is 17.7 Å². The maximum absolute atomic E-state index is 13.3. The molecule has 4 rings (SSSR count). The van der Waals surface area contributed by atoms with Crippen molar-refractivity contribution in [2.24, 2.45) is 5.92 Å². The van der Waals surface area contributed by atoms with Crippen LogP contribution in [0.25, 0.3) is 5.76 Å². The molecule has 39 heavy (non-hydrogen) atoms. The fourth-order valence-corrected chi connectivity index (χ4v) is 4.38. The number of amides is 1. The van der Waals surface area contributed by atoms with E-state index in [-0.39, 0.29) is 11.3 Å². The number of Topliss-reactive ketones (excluding diaryl/α,β-unsaturated/α-hetero) is 1. The molecular weight excluding hydrogens is 492 g/mol. The highest BCUT2D eigenvalue weighted by atomic mass is 16.5. The summed E-state index contributed by atoms with van der Waals surface area (Å²) in [4.78, 5) is 29.9.